The predicted molar refractivity (Wildman–Crippen MR) is 45.2 cm³/mol. The first-order valence-electron chi connectivity index (χ1n) is 3.94. The van der Waals surface area contributed by atoms with Gasteiger partial charge in [0, 0.05) is 13.7 Å². The van der Waals surface area contributed by atoms with Crippen molar-refractivity contribution < 1.29 is 4.74 Å². The van der Waals surface area contributed by atoms with Crippen molar-refractivity contribution in [2.75, 3.05) is 27.3 Å². The molecule has 2 atom stereocenters. The van der Waals surface area contributed by atoms with E-state index in [9.17, 15) is 0 Å². The molecule has 2 nitrogen and oxygen atoms in total. The highest BCUT2D eigenvalue weighted by Crippen LogP contribution is 2.07. The van der Waals surface area contributed by atoms with Gasteiger partial charge in [0.15, 0.2) is 0 Å². The molecule has 0 aromatic heterocycles. The van der Waals surface area contributed by atoms with Gasteiger partial charge in [-0.15, -0.1) is 0 Å². The van der Waals surface area contributed by atoms with Crippen LogP contribution in [-0.2, 0) is 4.74 Å². The van der Waals surface area contributed by atoms with E-state index in [1.165, 1.54) is 0 Å². The van der Waals surface area contributed by atoms with E-state index in [-0.39, 0.29) is 0 Å². The minimum Gasteiger partial charge on any atom is -0.383 e. The molecule has 11 heavy (non-hydrogen) atoms. The number of hydrogen-bond acceptors (Lipinski definition) is 2. The average molecular weight is 153 g/mol. The zero-order valence-corrected chi connectivity index (χ0v) is 7.42. The number of rotatable bonds is 2. The molecule has 0 aromatic rings. The van der Waals surface area contributed by atoms with Crippen LogP contribution in [0.15, 0.2) is 0 Å². The van der Waals surface area contributed by atoms with Gasteiger partial charge in [0.05, 0.1) is 18.6 Å². The van der Waals surface area contributed by atoms with Gasteiger partial charge in [-0.1, -0.05) is 11.8 Å². The molecule has 0 fully saturated rings. The Labute approximate surface area is 68.5 Å². The number of methoxy groups -OCH3 is 1. The fraction of sp³-hybridized carbons (Fsp3) is 0.778. The lowest BCUT2D eigenvalue weighted by Crippen LogP contribution is -2.36. The van der Waals surface area contributed by atoms with Gasteiger partial charge in [0.2, 0.25) is 0 Å². The van der Waals surface area contributed by atoms with Crippen LogP contribution in [0.3, 0.4) is 0 Å². The topological polar surface area (TPSA) is 12.5 Å². The van der Waals surface area contributed by atoms with Crippen molar-refractivity contribution in [1.82, 2.24) is 4.90 Å². The van der Waals surface area contributed by atoms with E-state index < -0.39 is 0 Å². The molecule has 1 rings (SSSR count). The molecule has 2 heteroatoms. The van der Waals surface area contributed by atoms with Crippen LogP contribution < -0.4 is 0 Å². The molecule has 1 unspecified atom stereocenters. The number of hydrogen-bond donors (Lipinski definition) is 0. The quantitative estimate of drug-likeness (QED) is 0.538. The van der Waals surface area contributed by atoms with E-state index in [1.807, 2.05) is 0 Å². The van der Waals surface area contributed by atoms with Crippen molar-refractivity contribution >= 4 is 0 Å². The summed E-state index contributed by atoms with van der Waals surface area (Å²) in [6, 6.07) is 0.406. The van der Waals surface area contributed by atoms with Crippen molar-refractivity contribution in [3.8, 4) is 11.8 Å². The third-order valence-electron chi connectivity index (χ3n) is 2.03. The maximum absolute atomic E-state index is 5.04. The van der Waals surface area contributed by atoms with Crippen LogP contribution >= 0.6 is 0 Å². The third-order valence-corrected chi connectivity index (χ3v) is 2.03. The molecule has 62 valence electrons. The summed E-state index contributed by atoms with van der Waals surface area (Å²) in [6.45, 7) is 3.90. The summed E-state index contributed by atoms with van der Waals surface area (Å²) in [5.74, 6) is 6.75. The van der Waals surface area contributed by atoms with E-state index in [1.54, 1.807) is 7.11 Å². The normalized spacial score (nSPS) is 31.2. The van der Waals surface area contributed by atoms with Crippen LogP contribution in [0.2, 0.25) is 0 Å². The fourth-order valence-corrected chi connectivity index (χ4v) is 1.20. The minimum absolute atomic E-state index is 0.404. The van der Waals surface area contributed by atoms with Crippen LogP contribution in [0.1, 0.15) is 6.92 Å². The monoisotopic (exact) mass is 153 g/mol. The molecule has 0 saturated carbocycles. The highest BCUT2D eigenvalue weighted by Gasteiger charge is 2.16. The molecular weight excluding hydrogens is 138 g/mol. The molecule has 0 amide bonds. The number of ether oxygens (including phenoxy) is 1. The van der Waals surface area contributed by atoms with Crippen molar-refractivity contribution in [3.05, 3.63) is 0 Å². The third kappa shape index (κ3) is 2.21. The van der Waals surface area contributed by atoms with Crippen molar-refractivity contribution in [3.63, 3.8) is 0 Å². The molecule has 1 aliphatic heterocycles. The predicted octanol–water partition coefficient (Wildman–Crippen LogP) is 0.586. The second-order valence-electron chi connectivity index (χ2n) is 3.06. The first kappa shape index (κ1) is 8.58. The van der Waals surface area contributed by atoms with Crippen LogP contribution in [0.25, 0.3) is 0 Å². The summed E-state index contributed by atoms with van der Waals surface area (Å²) in [5.41, 5.74) is 0. The number of nitrogens with zero attached hydrogens (tertiary/aromatic N) is 1. The zero-order chi connectivity index (χ0) is 8.27. The minimum atomic E-state index is 0.404. The summed E-state index contributed by atoms with van der Waals surface area (Å²) >= 11 is 0. The van der Waals surface area contributed by atoms with Crippen molar-refractivity contribution in [2.24, 2.45) is 5.92 Å². The summed E-state index contributed by atoms with van der Waals surface area (Å²) < 4.78 is 5.04. The van der Waals surface area contributed by atoms with E-state index >= 15 is 0 Å². The molecule has 0 N–H and O–H groups in total. The Morgan fingerprint density at radius 3 is 2.82 bits per heavy atom. The lowest BCUT2D eigenvalue weighted by molar-refractivity contribution is 0.144. The summed E-state index contributed by atoms with van der Waals surface area (Å²) in [7, 11) is 3.82. The second-order valence-corrected chi connectivity index (χ2v) is 3.06. The Morgan fingerprint density at radius 2 is 2.27 bits per heavy atom. The molecular formula is C9H15NO. The fourth-order valence-electron chi connectivity index (χ4n) is 1.20. The Hall–Kier alpha value is -0.520. The summed E-state index contributed by atoms with van der Waals surface area (Å²) in [5, 5.41) is 0. The highest BCUT2D eigenvalue weighted by molar-refractivity contribution is 5.14. The van der Waals surface area contributed by atoms with Crippen molar-refractivity contribution in [1.29, 1.82) is 0 Å². The van der Waals surface area contributed by atoms with Gasteiger partial charge in [-0.25, -0.2) is 0 Å². The molecule has 0 aliphatic carbocycles. The van der Waals surface area contributed by atoms with Gasteiger partial charge in [0.1, 0.15) is 0 Å². The Kier molecular flexibility index (Phi) is 2.92. The van der Waals surface area contributed by atoms with E-state index in [0.29, 0.717) is 12.0 Å². The van der Waals surface area contributed by atoms with Gasteiger partial charge in [0.25, 0.3) is 0 Å². The maximum atomic E-state index is 5.04. The van der Waals surface area contributed by atoms with E-state index in [4.69, 9.17) is 4.74 Å². The Balaban J connectivity index is 2.48. The average Bonchev–Trinajstić information content (AvgIpc) is 1.98. The zero-order valence-electron chi connectivity index (χ0n) is 7.42. The van der Waals surface area contributed by atoms with Crippen LogP contribution in [0.5, 0.6) is 0 Å². The Morgan fingerprint density at radius 1 is 1.55 bits per heavy atom. The Bertz CT molecular complexity index is 180. The van der Waals surface area contributed by atoms with Crippen LogP contribution in [0.4, 0.5) is 0 Å². The van der Waals surface area contributed by atoms with E-state index in [2.05, 4.69) is 30.7 Å². The molecule has 0 aromatic carbocycles. The van der Waals surface area contributed by atoms with Gasteiger partial charge in [-0.3, -0.25) is 4.90 Å². The smallest absolute Gasteiger partial charge is 0.0684 e. The highest BCUT2D eigenvalue weighted by atomic mass is 16.5. The molecule has 0 spiro atoms. The molecule has 0 bridgehead atoms. The van der Waals surface area contributed by atoms with Crippen LogP contribution in [0, 0.1) is 17.8 Å². The largest absolute Gasteiger partial charge is 0.383 e. The first-order chi connectivity index (χ1) is 5.24. The summed E-state index contributed by atoms with van der Waals surface area (Å²) in [6.07, 6.45) is 0. The maximum Gasteiger partial charge on any atom is 0.0684 e. The van der Waals surface area contributed by atoms with Gasteiger partial charge in [-0.05, 0) is 14.0 Å². The lowest BCUT2D eigenvalue weighted by Gasteiger charge is -2.26. The summed E-state index contributed by atoms with van der Waals surface area (Å²) in [4.78, 5) is 2.25. The van der Waals surface area contributed by atoms with Gasteiger partial charge in [-0.2, -0.15) is 0 Å². The molecule has 1 heterocycles. The van der Waals surface area contributed by atoms with Crippen molar-refractivity contribution in [2.45, 2.75) is 13.0 Å². The van der Waals surface area contributed by atoms with Gasteiger partial charge < -0.3 is 4.74 Å². The SMILES string of the molecule is COCC1C#C[C@@H](C)N(C)C1. The standard InChI is InChI=1S/C9H15NO/c1-8-4-5-9(7-11-3)6-10(8)2/h8-9H,6-7H2,1-3H3/t8-,9?/m1/s1. The second kappa shape index (κ2) is 3.75. The van der Waals surface area contributed by atoms with Crippen LogP contribution in [-0.4, -0.2) is 38.3 Å². The first-order valence-corrected chi connectivity index (χ1v) is 3.94. The molecule has 0 saturated heterocycles. The lowest BCUT2D eigenvalue weighted by atomic mass is 10.1. The molecule has 0 radical (unpaired) electrons. The van der Waals surface area contributed by atoms with Gasteiger partial charge >= 0.3 is 0 Å². The molecule has 1 aliphatic rings. The van der Waals surface area contributed by atoms with E-state index in [0.717, 1.165) is 13.2 Å².